The third-order valence-corrected chi connectivity index (χ3v) is 4.45. The number of amides is 1. The molecule has 0 aliphatic carbocycles. The van der Waals surface area contributed by atoms with Crippen LogP contribution in [0.1, 0.15) is 24.2 Å². The van der Waals surface area contributed by atoms with Crippen LogP contribution in [0.3, 0.4) is 0 Å². The standard InChI is InChI=1S/C18H25N5O2/c1-14(2)17(13-23-19-7-8-20-23)21-18(24)15-3-5-16(6-4-15)22-9-11-25-12-10-22/h3-8,14,17H,9-13H2,1-2H3,(H,21,24). The Morgan fingerprint density at radius 3 is 2.40 bits per heavy atom. The Hall–Kier alpha value is -2.41. The minimum Gasteiger partial charge on any atom is -0.378 e. The predicted molar refractivity (Wildman–Crippen MR) is 95.6 cm³/mol. The van der Waals surface area contributed by atoms with Gasteiger partial charge in [-0.05, 0) is 30.2 Å². The van der Waals surface area contributed by atoms with Crippen molar-refractivity contribution >= 4 is 11.6 Å². The third-order valence-electron chi connectivity index (χ3n) is 4.45. The van der Waals surface area contributed by atoms with Crippen LogP contribution >= 0.6 is 0 Å². The van der Waals surface area contributed by atoms with Crippen molar-refractivity contribution in [1.82, 2.24) is 20.3 Å². The van der Waals surface area contributed by atoms with Crippen LogP contribution in [0.2, 0.25) is 0 Å². The number of anilines is 1. The second-order valence-corrected chi connectivity index (χ2v) is 6.55. The molecule has 1 atom stereocenters. The molecule has 1 aromatic heterocycles. The number of rotatable bonds is 6. The molecular weight excluding hydrogens is 318 g/mol. The zero-order chi connectivity index (χ0) is 17.6. The Morgan fingerprint density at radius 1 is 1.16 bits per heavy atom. The van der Waals surface area contributed by atoms with Gasteiger partial charge in [0.15, 0.2) is 0 Å². The summed E-state index contributed by atoms with van der Waals surface area (Å²) in [4.78, 5) is 16.5. The van der Waals surface area contributed by atoms with E-state index in [1.54, 1.807) is 17.2 Å². The van der Waals surface area contributed by atoms with Gasteiger partial charge in [0.2, 0.25) is 0 Å². The molecule has 1 aliphatic rings. The summed E-state index contributed by atoms with van der Waals surface area (Å²) < 4.78 is 5.37. The van der Waals surface area contributed by atoms with Gasteiger partial charge >= 0.3 is 0 Å². The number of nitrogens with zero attached hydrogens (tertiary/aromatic N) is 4. The van der Waals surface area contributed by atoms with Crippen molar-refractivity contribution in [3.05, 3.63) is 42.2 Å². The normalized spacial score (nSPS) is 16.0. The lowest BCUT2D eigenvalue weighted by Gasteiger charge is -2.29. The van der Waals surface area contributed by atoms with Gasteiger partial charge < -0.3 is 15.0 Å². The summed E-state index contributed by atoms with van der Waals surface area (Å²) in [6.45, 7) is 7.99. The van der Waals surface area contributed by atoms with Gasteiger partial charge in [-0.2, -0.15) is 15.0 Å². The van der Waals surface area contributed by atoms with Crippen molar-refractivity contribution < 1.29 is 9.53 Å². The molecular formula is C18H25N5O2. The predicted octanol–water partition coefficient (Wildman–Crippen LogP) is 1.57. The van der Waals surface area contributed by atoms with Gasteiger partial charge in [-0.15, -0.1) is 0 Å². The summed E-state index contributed by atoms with van der Waals surface area (Å²) in [5, 5.41) is 11.3. The van der Waals surface area contributed by atoms with Crippen LogP contribution < -0.4 is 10.2 Å². The molecule has 1 fully saturated rings. The molecule has 2 heterocycles. The molecule has 1 N–H and O–H groups in total. The van der Waals surface area contributed by atoms with Crippen LogP contribution in [0.5, 0.6) is 0 Å². The van der Waals surface area contributed by atoms with E-state index in [4.69, 9.17) is 4.74 Å². The Kier molecular flexibility index (Phi) is 5.65. The summed E-state index contributed by atoms with van der Waals surface area (Å²) in [6.07, 6.45) is 3.28. The van der Waals surface area contributed by atoms with Gasteiger partial charge in [0.1, 0.15) is 0 Å². The number of morpholine rings is 1. The van der Waals surface area contributed by atoms with Gasteiger partial charge in [-0.3, -0.25) is 4.79 Å². The lowest BCUT2D eigenvalue weighted by atomic mass is 10.0. The number of hydrogen-bond acceptors (Lipinski definition) is 5. The molecule has 134 valence electrons. The van der Waals surface area contributed by atoms with Crippen LogP contribution in [-0.4, -0.2) is 53.2 Å². The van der Waals surface area contributed by atoms with Crippen LogP contribution in [0, 0.1) is 5.92 Å². The first-order chi connectivity index (χ1) is 12.1. The van der Waals surface area contributed by atoms with E-state index in [9.17, 15) is 4.79 Å². The largest absolute Gasteiger partial charge is 0.378 e. The number of aromatic nitrogens is 3. The average molecular weight is 343 g/mol. The van der Waals surface area contributed by atoms with Crippen molar-refractivity contribution in [3.8, 4) is 0 Å². The van der Waals surface area contributed by atoms with E-state index in [-0.39, 0.29) is 17.9 Å². The summed E-state index contributed by atoms with van der Waals surface area (Å²) in [5.41, 5.74) is 1.79. The second-order valence-electron chi connectivity index (χ2n) is 6.55. The van der Waals surface area contributed by atoms with Crippen LogP contribution in [-0.2, 0) is 11.3 Å². The van der Waals surface area contributed by atoms with Gasteiger partial charge in [0.05, 0.1) is 38.2 Å². The fraction of sp³-hybridized carbons (Fsp3) is 0.500. The molecule has 7 nitrogen and oxygen atoms in total. The van der Waals surface area contributed by atoms with Crippen molar-refractivity contribution in [1.29, 1.82) is 0 Å². The van der Waals surface area contributed by atoms with Gasteiger partial charge in [-0.1, -0.05) is 13.8 Å². The zero-order valence-corrected chi connectivity index (χ0v) is 14.8. The monoisotopic (exact) mass is 343 g/mol. The first-order valence-corrected chi connectivity index (χ1v) is 8.71. The summed E-state index contributed by atoms with van der Waals surface area (Å²) in [7, 11) is 0. The van der Waals surface area contributed by atoms with Crippen molar-refractivity contribution in [2.24, 2.45) is 5.92 Å². The summed E-state index contributed by atoms with van der Waals surface area (Å²) in [6, 6.07) is 7.73. The Bertz CT molecular complexity index is 663. The molecule has 1 aliphatic heterocycles. The number of nitrogens with one attached hydrogen (secondary N) is 1. The van der Waals surface area contributed by atoms with Crippen LogP contribution in [0.25, 0.3) is 0 Å². The fourth-order valence-corrected chi connectivity index (χ4v) is 2.83. The summed E-state index contributed by atoms with van der Waals surface area (Å²) >= 11 is 0. The highest BCUT2D eigenvalue weighted by Gasteiger charge is 2.19. The lowest BCUT2D eigenvalue weighted by Crippen LogP contribution is -2.42. The fourth-order valence-electron chi connectivity index (χ4n) is 2.83. The van der Waals surface area contributed by atoms with Crippen LogP contribution in [0.15, 0.2) is 36.7 Å². The molecule has 0 saturated carbocycles. The van der Waals surface area contributed by atoms with Crippen molar-refractivity contribution in [3.63, 3.8) is 0 Å². The maximum atomic E-state index is 12.6. The average Bonchev–Trinajstić information content (AvgIpc) is 3.15. The number of carbonyl (C=O) groups excluding carboxylic acids is 1. The van der Waals surface area contributed by atoms with E-state index < -0.39 is 0 Å². The molecule has 2 aromatic rings. The molecule has 0 spiro atoms. The topological polar surface area (TPSA) is 72.3 Å². The highest BCUT2D eigenvalue weighted by Crippen LogP contribution is 2.17. The maximum Gasteiger partial charge on any atom is 0.251 e. The number of hydrogen-bond donors (Lipinski definition) is 1. The maximum absolute atomic E-state index is 12.6. The molecule has 1 aromatic carbocycles. The quantitative estimate of drug-likeness (QED) is 0.862. The molecule has 3 rings (SSSR count). The van der Waals surface area contributed by atoms with E-state index >= 15 is 0 Å². The van der Waals surface area contributed by atoms with E-state index in [2.05, 4.69) is 34.3 Å². The zero-order valence-electron chi connectivity index (χ0n) is 14.8. The van der Waals surface area contributed by atoms with Gasteiger partial charge in [0, 0.05) is 24.3 Å². The number of carbonyl (C=O) groups is 1. The first-order valence-electron chi connectivity index (χ1n) is 8.71. The highest BCUT2D eigenvalue weighted by molar-refractivity contribution is 5.94. The third kappa shape index (κ3) is 4.57. The molecule has 7 heteroatoms. The van der Waals surface area contributed by atoms with E-state index in [0.29, 0.717) is 12.1 Å². The van der Waals surface area contributed by atoms with Gasteiger partial charge in [-0.25, -0.2) is 0 Å². The first kappa shape index (κ1) is 17.4. The Labute approximate surface area is 148 Å². The molecule has 1 amide bonds. The molecule has 1 unspecified atom stereocenters. The molecule has 0 radical (unpaired) electrons. The summed E-state index contributed by atoms with van der Waals surface area (Å²) in [5.74, 6) is 0.210. The van der Waals surface area contributed by atoms with Gasteiger partial charge in [0.25, 0.3) is 5.91 Å². The van der Waals surface area contributed by atoms with Crippen molar-refractivity contribution in [2.75, 3.05) is 31.2 Å². The van der Waals surface area contributed by atoms with E-state index in [1.807, 2.05) is 24.3 Å². The van der Waals surface area contributed by atoms with Crippen molar-refractivity contribution in [2.45, 2.75) is 26.4 Å². The number of ether oxygens (including phenoxy) is 1. The van der Waals surface area contributed by atoms with Crippen LogP contribution in [0.4, 0.5) is 5.69 Å². The smallest absolute Gasteiger partial charge is 0.251 e. The SMILES string of the molecule is CC(C)C(Cn1nccn1)NC(=O)c1ccc(N2CCOCC2)cc1. The lowest BCUT2D eigenvalue weighted by molar-refractivity contribution is 0.0917. The molecule has 25 heavy (non-hydrogen) atoms. The second kappa shape index (κ2) is 8.11. The highest BCUT2D eigenvalue weighted by atomic mass is 16.5. The Balaban J connectivity index is 1.62. The molecule has 0 bridgehead atoms. The Morgan fingerprint density at radius 2 is 1.80 bits per heavy atom. The number of benzene rings is 1. The van der Waals surface area contributed by atoms with E-state index in [0.717, 1.165) is 32.0 Å². The van der Waals surface area contributed by atoms with E-state index in [1.165, 1.54) is 0 Å². The molecule has 1 saturated heterocycles. The minimum absolute atomic E-state index is 0.0289. The minimum atomic E-state index is -0.0700.